The van der Waals surface area contributed by atoms with Crippen molar-refractivity contribution in [1.29, 1.82) is 0 Å². The van der Waals surface area contributed by atoms with Gasteiger partial charge in [-0.25, -0.2) is 9.37 Å². The third-order valence-electron chi connectivity index (χ3n) is 1.13. The minimum Gasteiger partial charge on any atom is -0.359 e. The predicted molar refractivity (Wildman–Crippen MR) is 45.3 cm³/mol. The van der Waals surface area contributed by atoms with Gasteiger partial charge in [-0.2, -0.15) is 0 Å². The molecule has 0 unspecified atom stereocenters. The maximum atomic E-state index is 12.6. The van der Waals surface area contributed by atoms with Crippen molar-refractivity contribution in [2.24, 2.45) is 5.73 Å². The Bertz CT molecular complexity index is 408. The molecule has 1 heterocycles. The van der Waals surface area contributed by atoms with Crippen LogP contribution in [0.15, 0.2) is 12.3 Å². The van der Waals surface area contributed by atoms with E-state index in [1.54, 1.807) is 0 Å². The van der Waals surface area contributed by atoms with Crippen molar-refractivity contribution in [1.82, 2.24) is 4.98 Å². The Morgan fingerprint density at radius 2 is 2.38 bits per heavy atom. The van der Waals surface area contributed by atoms with Gasteiger partial charge >= 0.3 is 0 Å². The molecule has 0 aliphatic carbocycles. The molecule has 3 nitrogen and oxygen atoms in total. The van der Waals surface area contributed by atoms with E-state index in [0.29, 0.717) is 0 Å². The average Bonchev–Trinajstić information content (AvgIpc) is 2.06. The number of pyridine rings is 1. The SMILES string of the molecule is NC(=O)C#Cc1cc(F)cnc1Cl. The second kappa shape index (κ2) is 3.87. The number of rotatable bonds is 0. The molecular weight excluding hydrogens is 195 g/mol. The maximum absolute atomic E-state index is 12.6. The fourth-order valence-electron chi connectivity index (χ4n) is 0.639. The van der Waals surface area contributed by atoms with Gasteiger partial charge < -0.3 is 5.73 Å². The lowest BCUT2D eigenvalue weighted by Gasteiger charge is -1.93. The molecule has 5 heteroatoms. The smallest absolute Gasteiger partial charge is 0.293 e. The Morgan fingerprint density at radius 3 is 3.00 bits per heavy atom. The van der Waals surface area contributed by atoms with Gasteiger partial charge in [0.2, 0.25) is 0 Å². The van der Waals surface area contributed by atoms with Gasteiger partial charge in [-0.3, -0.25) is 4.79 Å². The minimum atomic E-state index is -0.805. The van der Waals surface area contributed by atoms with Crippen molar-refractivity contribution in [3.05, 3.63) is 28.8 Å². The van der Waals surface area contributed by atoms with Crippen LogP contribution in [0.25, 0.3) is 0 Å². The van der Waals surface area contributed by atoms with Gasteiger partial charge in [-0.05, 0) is 6.07 Å². The van der Waals surface area contributed by atoms with Crippen molar-refractivity contribution in [3.8, 4) is 11.8 Å². The number of hydrogen-bond acceptors (Lipinski definition) is 2. The van der Waals surface area contributed by atoms with Crippen LogP contribution < -0.4 is 5.73 Å². The molecule has 0 aliphatic rings. The summed E-state index contributed by atoms with van der Waals surface area (Å²) in [6, 6.07) is 1.07. The van der Waals surface area contributed by atoms with Gasteiger partial charge in [-0.1, -0.05) is 17.5 Å². The first-order valence-electron chi connectivity index (χ1n) is 3.22. The zero-order chi connectivity index (χ0) is 9.84. The van der Waals surface area contributed by atoms with Crippen molar-refractivity contribution in [2.45, 2.75) is 0 Å². The Kier molecular flexibility index (Phi) is 2.83. The molecule has 0 radical (unpaired) electrons. The highest BCUT2D eigenvalue weighted by molar-refractivity contribution is 6.30. The minimum absolute atomic E-state index is 0.0372. The van der Waals surface area contributed by atoms with E-state index in [1.807, 2.05) is 5.92 Å². The molecule has 66 valence electrons. The van der Waals surface area contributed by atoms with Crippen LogP contribution in [0.2, 0.25) is 5.15 Å². The molecule has 1 rings (SSSR count). The topological polar surface area (TPSA) is 56.0 Å². The Balaban J connectivity index is 3.09. The molecule has 0 atom stereocenters. The standard InChI is InChI=1S/C8H4ClFN2O/c9-8-5(1-2-7(11)13)3-6(10)4-12-8/h3-4H,(H2,11,13). The number of amides is 1. The van der Waals surface area contributed by atoms with Crippen LogP contribution in [0.3, 0.4) is 0 Å². The van der Waals surface area contributed by atoms with E-state index < -0.39 is 11.7 Å². The number of carbonyl (C=O) groups excluding carboxylic acids is 1. The summed E-state index contributed by atoms with van der Waals surface area (Å²) in [5.74, 6) is 2.95. The second-order valence-corrected chi connectivity index (χ2v) is 2.46. The Hall–Kier alpha value is -1.60. The molecule has 0 spiro atoms. The van der Waals surface area contributed by atoms with Crippen LogP contribution >= 0.6 is 11.6 Å². The van der Waals surface area contributed by atoms with Gasteiger partial charge in [0, 0.05) is 5.92 Å². The van der Waals surface area contributed by atoms with E-state index >= 15 is 0 Å². The first-order valence-corrected chi connectivity index (χ1v) is 3.60. The number of carbonyl (C=O) groups is 1. The third-order valence-corrected chi connectivity index (χ3v) is 1.43. The summed E-state index contributed by atoms with van der Waals surface area (Å²) in [6.07, 6.45) is 0.956. The van der Waals surface area contributed by atoms with Gasteiger partial charge in [0.05, 0.1) is 11.8 Å². The lowest BCUT2D eigenvalue weighted by atomic mass is 10.3. The van der Waals surface area contributed by atoms with E-state index in [0.717, 1.165) is 12.3 Å². The Morgan fingerprint density at radius 1 is 1.69 bits per heavy atom. The van der Waals surface area contributed by atoms with Crippen LogP contribution in [-0.2, 0) is 4.79 Å². The molecular formula is C8H4ClFN2O. The molecule has 1 amide bonds. The molecule has 0 aromatic carbocycles. The van der Waals surface area contributed by atoms with Gasteiger partial charge in [-0.15, -0.1) is 0 Å². The molecule has 1 aromatic heterocycles. The molecule has 1 aromatic rings. The molecule has 0 saturated carbocycles. The largest absolute Gasteiger partial charge is 0.359 e. The lowest BCUT2D eigenvalue weighted by Crippen LogP contribution is -2.06. The second-order valence-electron chi connectivity index (χ2n) is 2.11. The fraction of sp³-hybridized carbons (Fsp3) is 0. The summed E-state index contributed by atoms with van der Waals surface area (Å²) >= 11 is 5.55. The summed E-state index contributed by atoms with van der Waals surface area (Å²) in [6.45, 7) is 0. The highest BCUT2D eigenvalue weighted by atomic mass is 35.5. The fourth-order valence-corrected chi connectivity index (χ4v) is 0.790. The monoisotopic (exact) mass is 198 g/mol. The maximum Gasteiger partial charge on any atom is 0.293 e. The molecule has 13 heavy (non-hydrogen) atoms. The summed E-state index contributed by atoms with van der Waals surface area (Å²) in [4.78, 5) is 13.8. The normalized spacial score (nSPS) is 8.77. The number of nitrogens with zero attached hydrogens (tertiary/aromatic N) is 1. The van der Waals surface area contributed by atoms with Crippen LogP contribution in [0, 0.1) is 17.7 Å². The van der Waals surface area contributed by atoms with E-state index in [9.17, 15) is 9.18 Å². The summed E-state index contributed by atoms with van der Waals surface area (Å²) in [7, 11) is 0. The predicted octanol–water partition coefficient (Wildman–Crippen LogP) is 0.711. The first kappa shape index (κ1) is 9.49. The first-order chi connectivity index (χ1) is 6.09. The molecule has 0 saturated heterocycles. The number of aromatic nitrogens is 1. The third kappa shape index (κ3) is 2.73. The zero-order valence-electron chi connectivity index (χ0n) is 6.34. The number of primary amides is 1. The number of hydrogen-bond donors (Lipinski definition) is 1. The van der Waals surface area contributed by atoms with Crippen LogP contribution in [0.1, 0.15) is 5.56 Å². The highest BCUT2D eigenvalue weighted by Crippen LogP contribution is 2.11. The molecule has 0 fully saturated rings. The molecule has 0 aliphatic heterocycles. The van der Waals surface area contributed by atoms with E-state index in [-0.39, 0.29) is 10.7 Å². The van der Waals surface area contributed by atoms with Crippen LogP contribution in [-0.4, -0.2) is 10.9 Å². The van der Waals surface area contributed by atoms with Gasteiger partial charge in [0.15, 0.2) is 0 Å². The van der Waals surface area contributed by atoms with E-state index in [1.165, 1.54) is 0 Å². The average molecular weight is 199 g/mol. The summed E-state index contributed by atoms with van der Waals surface area (Å²) in [5.41, 5.74) is 4.90. The quantitative estimate of drug-likeness (QED) is 0.493. The zero-order valence-corrected chi connectivity index (χ0v) is 7.10. The summed E-state index contributed by atoms with van der Waals surface area (Å²) < 4.78 is 12.6. The van der Waals surface area contributed by atoms with E-state index in [2.05, 4.69) is 10.9 Å². The number of halogens is 2. The van der Waals surface area contributed by atoms with Crippen LogP contribution in [0.5, 0.6) is 0 Å². The van der Waals surface area contributed by atoms with Gasteiger partial charge in [0.25, 0.3) is 5.91 Å². The number of nitrogens with two attached hydrogens (primary N) is 1. The Labute approximate surface area is 78.7 Å². The van der Waals surface area contributed by atoms with Crippen molar-refractivity contribution in [2.75, 3.05) is 0 Å². The van der Waals surface area contributed by atoms with Crippen molar-refractivity contribution >= 4 is 17.5 Å². The van der Waals surface area contributed by atoms with Crippen molar-refractivity contribution in [3.63, 3.8) is 0 Å². The van der Waals surface area contributed by atoms with Crippen LogP contribution in [0.4, 0.5) is 4.39 Å². The van der Waals surface area contributed by atoms with E-state index in [4.69, 9.17) is 17.3 Å². The summed E-state index contributed by atoms with van der Waals surface area (Å²) in [5, 5.41) is 0.0372. The molecule has 2 N–H and O–H groups in total. The molecule has 0 bridgehead atoms. The lowest BCUT2D eigenvalue weighted by molar-refractivity contribution is -0.112. The highest BCUT2D eigenvalue weighted by Gasteiger charge is 1.99. The van der Waals surface area contributed by atoms with Crippen molar-refractivity contribution < 1.29 is 9.18 Å². The van der Waals surface area contributed by atoms with Gasteiger partial charge in [0.1, 0.15) is 11.0 Å².